The van der Waals surface area contributed by atoms with Gasteiger partial charge >= 0.3 is 0 Å². The Morgan fingerprint density at radius 3 is 2.42 bits per heavy atom. The van der Waals surface area contributed by atoms with Crippen molar-refractivity contribution in [1.29, 1.82) is 0 Å². The molecule has 0 saturated carbocycles. The molecule has 2 aromatic heterocycles. The number of fused-ring (bicyclic) bond motifs is 2. The number of nitrogens with one attached hydrogen (secondary N) is 1. The van der Waals surface area contributed by atoms with Crippen molar-refractivity contribution in [3.05, 3.63) is 125 Å². The van der Waals surface area contributed by atoms with Crippen LogP contribution in [0.25, 0.3) is 43.9 Å². The third-order valence-electron chi connectivity index (χ3n) is 6.51. The number of anilines is 1. The number of hydrogen-bond acceptors (Lipinski definition) is 4. The highest BCUT2D eigenvalue weighted by molar-refractivity contribution is 5.94. The van der Waals surface area contributed by atoms with E-state index in [0.717, 1.165) is 22.2 Å². The van der Waals surface area contributed by atoms with Gasteiger partial charge in [0.1, 0.15) is 0 Å². The lowest BCUT2D eigenvalue weighted by atomic mass is 9.99. The average Bonchev–Trinajstić information content (AvgIpc) is 3.31. The van der Waals surface area contributed by atoms with Crippen molar-refractivity contribution < 1.29 is 0 Å². The lowest BCUT2D eigenvalue weighted by Gasteiger charge is -2.12. The highest BCUT2D eigenvalue weighted by Gasteiger charge is 2.09. The van der Waals surface area contributed by atoms with Crippen molar-refractivity contribution in [2.45, 2.75) is 6.54 Å². The topological polar surface area (TPSA) is 59.8 Å². The molecule has 0 bridgehead atoms. The van der Waals surface area contributed by atoms with Crippen LogP contribution in [0.1, 0.15) is 5.56 Å². The van der Waals surface area contributed by atoms with Crippen LogP contribution in [0.5, 0.6) is 0 Å². The largest absolute Gasteiger partial charge is 0.381 e. The number of nitrogens with zero attached hydrogens (tertiary/aromatic N) is 3. The lowest BCUT2D eigenvalue weighted by Crippen LogP contribution is -2.03. The van der Waals surface area contributed by atoms with Crippen LogP contribution >= 0.6 is 0 Å². The molecule has 36 heavy (non-hydrogen) atoms. The van der Waals surface area contributed by atoms with Gasteiger partial charge in [-0.2, -0.15) is 5.10 Å². The molecule has 0 fully saturated rings. The first-order valence-electron chi connectivity index (χ1n) is 11.9. The van der Waals surface area contributed by atoms with Crippen LogP contribution in [0.15, 0.2) is 114 Å². The second-order valence-electron chi connectivity index (χ2n) is 8.90. The molecule has 0 aliphatic carbocycles. The monoisotopic (exact) mass is 468 g/mol. The molecule has 4 aromatic carbocycles. The molecule has 0 unspecified atom stereocenters. The Hall–Kier alpha value is -4.77. The Morgan fingerprint density at radius 2 is 1.58 bits per heavy atom. The highest BCUT2D eigenvalue weighted by Crippen LogP contribution is 2.26. The van der Waals surface area contributed by atoms with E-state index in [-0.39, 0.29) is 5.43 Å². The lowest BCUT2D eigenvalue weighted by molar-refractivity contribution is 0.768. The molecule has 5 heteroatoms. The van der Waals surface area contributed by atoms with E-state index in [1.165, 1.54) is 16.7 Å². The fourth-order valence-electron chi connectivity index (χ4n) is 4.61. The van der Waals surface area contributed by atoms with E-state index in [4.69, 9.17) is 0 Å². The fraction of sp³-hybridized carbons (Fsp3) is 0.0645. The van der Waals surface area contributed by atoms with Crippen molar-refractivity contribution >= 4 is 27.4 Å². The van der Waals surface area contributed by atoms with E-state index >= 15 is 0 Å². The Bertz CT molecular complexity index is 1770. The molecule has 0 aliphatic heterocycles. The van der Waals surface area contributed by atoms with Gasteiger partial charge in [0.05, 0.1) is 11.7 Å². The van der Waals surface area contributed by atoms with Gasteiger partial charge in [0.2, 0.25) is 0 Å². The maximum atomic E-state index is 13.7. The molecule has 174 valence electrons. The van der Waals surface area contributed by atoms with Crippen molar-refractivity contribution in [2.24, 2.45) is 7.05 Å². The molecule has 0 spiro atoms. The van der Waals surface area contributed by atoms with Crippen LogP contribution in [0.3, 0.4) is 0 Å². The van der Waals surface area contributed by atoms with Gasteiger partial charge in [-0.25, -0.2) is 0 Å². The molecular weight excluding hydrogens is 444 g/mol. The van der Waals surface area contributed by atoms with Crippen molar-refractivity contribution in [2.75, 3.05) is 5.32 Å². The molecule has 0 amide bonds. The van der Waals surface area contributed by atoms with E-state index in [1.54, 1.807) is 17.1 Å². The molecule has 2 heterocycles. The van der Waals surface area contributed by atoms with E-state index in [0.29, 0.717) is 22.8 Å². The molecule has 6 rings (SSSR count). The summed E-state index contributed by atoms with van der Waals surface area (Å²) in [6.07, 6.45) is 5.49. The SMILES string of the molecule is Cn1cc(-c2cnc3ccc4ccc(NCc5ccccc5-c5ccccc5)cc4c(=O)c3c2)cn1. The fourth-order valence-corrected chi connectivity index (χ4v) is 4.61. The minimum Gasteiger partial charge on any atom is -0.381 e. The summed E-state index contributed by atoms with van der Waals surface area (Å²) >= 11 is 0. The van der Waals surface area contributed by atoms with E-state index in [9.17, 15) is 4.79 Å². The van der Waals surface area contributed by atoms with Crippen LogP contribution < -0.4 is 10.7 Å². The summed E-state index contributed by atoms with van der Waals surface area (Å²) in [5.41, 5.74) is 6.93. The molecule has 1 N–H and O–H groups in total. The molecular formula is C31H24N4O. The standard InChI is InChI=1S/C31H24N4O/c1-35-20-25(19-34-35)24-15-29-30(33-18-24)14-12-22-11-13-26(16-28(22)31(29)36)32-17-23-9-5-6-10-27(23)21-7-3-2-4-8-21/h2-16,18-20,32H,17H2,1H3. The Labute approximate surface area is 208 Å². The molecule has 0 saturated heterocycles. The van der Waals surface area contributed by atoms with Gasteiger partial charge in [-0.3, -0.25) is 14.5 Å². The zero-order chi connectivity index (χ0) is 24.5. The summed E-state index contributed by atoms with van der Waals surface area (Å²) in [6.45, 7) is 0.650. The maximum Gasteiger partial charge on any atom is 0.195 e. The number of aryl methyl sites for hydroxylation is 1. The predicted octanol–water partition coefficient (Wildman–Crippen LogP) is 6.43. The molecule has 6 aromatic rings. The Balaban J connectivity index is 1.38. The molecule has 0 atom stereocenters. The van der Waals surface area contributed by atoms with Crippen LogP contribution in [-0.4, -0.2) is 14.8 Å². The second kappa shape index (κ2) is 9.12. The van der Waals surface area contributed by atoms with E-state index < -0.39 is 0 Å². The van der Waals surface area contributed by atoms with Gasteiger partial charge in [0.15, 0.2) is 5.43 Å². The summed E-state index contributed by atoms with van der Waals surface area (Å²) in [4.78, 5) is 18.2. The third-order valence-corrected chi connectivity index (χ3v) is 6.51. The quantitative estimate of drug-likeness (QED) is 0.317. The van der Waals surface area contributed by atoms with Crippen LogP contribution in [0.2, 0.25) is 0 Å². The van der Waals surface area contributed by atoms with Gasteiger partial charge in [-0.1, -0.05) is 66.7 Å². The third kappa shape index (κ3) is 4.12. The maximum absolute atomic E-state index is 13.7. The minimum absolute atomic E-state index is 0.0309. The van der Waals surface area contributed by atoms with Crippen molar-refractivity contribution in [1.82, 2.24) is 14.8 Å². The number of pyridine rings is 1. The van der Waals surface area contributed by atoms with Gasteiger partial charge in [0.25, 0.3) is 0 Å². The molecule has 0 radical (unpaired) electrons. The number of rotatable bonds is 5. The van der Waals surface area contributed by atoms with Gasteiger partial charge in [0, 0.05) is 53.6 Å². The first-order chi connectivity index (χ1) is 17.7. The first-order valence-corrected chi connectivity index (χ1v) is 11.9. The van der Waals surface area contributed by atoms with Crippen molar-refractivity contribution in [3.63, 3.8) is 0 Å². The smallest absolute Gasteiger partial charge is 0.195 e. The minimum atomic E-state index is -0.0309. The normalized spacial score (nSPS) is 11.1. The van der Waals surface area contributed by atoms with Gasteiger partial charge < -0.3 is 5.32 Å². The summed E-state index contributed by atoms with van der Waals surface area (Å²) in [5.74, 6) is 0. The number of benzene rings is 3. The predicted molar refractivity (Wildman–Crippen MR) is 147 cm³/mol. The highest BCUT2D eigenvalue weighted by atomic mass is 16.1. The van der Waals surface area contributed by atoms with Gasteiger partial charge in [-0.15, -0.1) is 0 Å². The summed E-state index contributed by atoms with van der Waals surface area (Å²) < 4.78 is 1.74. The van der Waals surface area contributed by atoms with Crippen molar-refractivity contribution in [3.8, 4) is 22.3 Å². The van der Waals surface area contributed by atoms with Crippen LogP contribution in [-0.2, 0) is 13.6 Å². The summed E-state index contributed by atoms with van der Waals surface area (Å²) in [5, 5.41) is 9.91. The zero-order valence-electron chi connectivity index (χ0n) is 19.8. The first kappa shape index (κ1) is 21.7. The Morgan fingerprint density at radius 1 is 0.778 bits per heavy atom. The summed E-state index contributed by atoms with van der Waals surface area (Å²) in [7, 11) is 1.87. The van der Waals surface area contributed by atoms with Crippen LogP contribution in [0, 0.1) is 0 Å². The van der Waals surface area contributed by atoms with E-state index in [1.807, 2.05) is 55.7 Å². The number of aromatic nitrogens is 3. The summed E-state index contributed by atoms with van der Waals surface area (Å²) in [6, 6.07) is 30.5. The molecule has 0 aliphatic rings. The molecule has 5 nitrogen and oxygen atoms in total. The Kier molecular flexibility index (Phi) is 5.51. The van der Waals surface area contributed by atoms with Crippen LogP contribution in [0.4, 0.5) is 5.69 Å². The average molecular weight is 469 g/mol. The van der Waals surface area contributed by atoms with Gasteiger partial charge in [-0.05, 0) is 46.3 Å². The second-order valence-corrected chi connectivity index (χ2v) is 8.90. The number of hydrogen-bond donors (Lipinski definition) is 1. The van der Waals surface area contributed by atoms with E-state index in [2.05, 4.69) is 63.9 Å². The zero-order valence-corrected chi connectivity index (χ0v) is 19.8.